The standard InChI is InChI=1S/C14H17N5/c1-10-6-7-11-4-2-3-5-12(11)19(10)14-9-16-8-13(17-14)18-15/h2-5,8-10H,6-7,15H2,1H3,(H,17,18). The van der Waals surface area contributed by atoms with Crippen molar-refractivity contribution in [3.8, 4) is 0 Å². The second-order valence-corrected chi connectivity index (χ2v) is 4.79. The van der Waals surface area contributed by atoms with Crippen LogP contribution >= 0.6 is 0 Å². The van der Waals surface area contributed by atoms with Crippen molar-refractivity contribution in [2.75, 3.05) is 10.3 Å². The summed E-state index contributed by atoms with van der Waals surface area (Å²) in [6.45, 7) is 2.21. The smallest absolute Gasteiger partial charge is 0.160 e. The number of aryl methyl sites for hydroxylation is 1. The van der Waals surface area contributed by atoms with E-state index in [0.29, 0.717) is 11.9 Å². The van der Waals surface area contributed by atoms with E-state index in [-0.39, 0.29) is 0 Å². The van der Waals surface area contributed by atoms with Gasteiger partial charge in [-0.15, -0.1) is 0 Å². The van der Waals surface area contributed by atoms with E-state index in [4.69, 9.17) is 5.84 Å². The van der Waals surface area contributed by atoms with E-state index in [1.165, 1.54) is 11.3 Å². The molecule has 0 fully saturated rings. The van der Waals surface area contributed by atoms with E-state index in [0.717, 1.165) is 18.7 Å². The quantitative estimate of drug-likeness (QED) is 0.636. The van der Waals surface area contributed by atoms with Gasteiger partial charge < -0.3 is 10.3 Å². The maximum atomic E-state index is 5.41. The number of hydrogen-bond acceptors (Lipinski definition) is 5. The zero-order valence-electron chi connectivity index (χ0n) is 10.9. The van der Waals surface area contributed by atoms with Gasteiger partial charge >= 0.3 is 0 Å². The number of nitrogens with two attached hydrogens (primary N) is 1. The van der Waals surface area contributed by atoms with E-state index in [1.54, 1.807) is 12.4 Å². The first-order valence-corrected chi connectivity index (χ1v) is 6.45. The van der Waals surface area contributed by atoms with Crippen LogP contribution in [-0.2, 0) is 6.42 Å². The highest BCUT2D eigenvalue weighted by molar-refractivity contribution is 5.66. The Morgan fingerprint density at radius 2 is 2.16 bits per heavy atom. The first kappa shape index (κ1) is 11.9. The van der Waals surface area contributed by atoms with Crippen LogP contribution < -0.4 is 16.2 Å². The molecule has 0 aliphatic carbocycles. The molecule has 0 saturated carbocycles. The van der Waals surface area contributed by atoms with Crippen LogP contribution in [0.25, 0.3) is 0 Å². The highest BCUT2D eigenvalue weighted by Crippen LogP contribution is 2.35. The minimum atomic E-state index is 0.400. The monoisotopic (exact) mass is 255 g/mol. The summed E-state index contributed by atoms with van der Waals surface area (Å²) in [5.74, 6) is 6.81. The van der Waals surface area contributed by atoms with Gasteiger partial charge in [-0.25, -0.2) is 10.8 Å². The van der Waals surface area contributed by atoms with Gasteiger partial charge in [0, 0.05) is 11.7 Å². The summed E-state index contributed by atoms with van der Waals surface area (Å²) in [6, 6.07) is 8.85. The Balaban J connectivity index is 2.07. The minimum absolute atomic E-state index is 0.400. The normalized spacial score (nSPS) is 18.0. The lowest BCUT2D eigenvalue weighted by atomic mass is 9.97. The summed E-state index contributed by atoms with van der Waals surface area (Å²) in [4.78, 5) is 10.9. The fourth-order valence-corrected chi connectivity index (χ4v) is 2.58. The summed E-state index contributed by atoms with van der Waals surface area (Å²) in [6.07, 6.45) is 5.61. The van der Waals surface area contributed by atoms with Gasteiger partial charge in [0.05, 0.1) is 12.4 Å². The molecule has 2 heterocycles. The third-order valence-electron chi connectivity index (χ3n) is 3.54. The van der Waals surface area contributed by atoms with Gasteiger partial charge in [0.1, 0.15) is 0 Å². The van der Waals surface area contributed by atoms with Gasteiger partial charge in [-0.3, -0.25) is 4.98 Å². The lowest BCUT2D eigenvalue weighted by molar-refractivity contribution is 0.613. The van der Waals surface area contributed by atoms with E-state index < -0.39 is 0 Å². The van der Waals surface area contributed by atoms with Crippen molar-refractivity contribution in [3.05, 3.63) is 42.2 Å². The van der Waals surface area contributed by atoms with Crippen LogP contribution in [0.1, 0.15) is 18.9 Å². The number of para-hydroxylation sites is 1. The van der Waals surface area contributed by atoms with Gasteiger partial charge in [0.25, 0.3) is 0 Å². The van der Waals surface area contributed by atoms with Crippen molar-refractivity contribution in [2.45, 2.75) is 25.8 Å². The van der Waals surface area contributed by atoms with Gasteiger partial charge in [0.2, 0.25) is 0 Å². The molecule has 5 nitrogen and oxygen atoms in total. The van der Waals surface area contributed by atoms with Crippen LogP contribution in [0.3, 0.4) is 0 Å². The molecule has 2 aromatic rings. The molecular formula is C14H17N5. The zero-order chi connectivity index (χ0) is 13.2. The van der Waals surface area contributed by atoms with Crippen molar-refractivity contribution in [1.29, 1.82) is 0 Å². The summed E-state index contributed by atoms with van der Waals surface area (Å²) < 4.78 is 0. The topological polar surface area (TPSA) is 67.1 Å². The maximum absolute atomic E-state index is 5.41. The molecule has 0 spiro atoms. The molecule has 1 aliphatic rings. The molecule has 19 heavy (non-hydrogen) atoms. The Kier molecular flexibility index (Phi) is 3.05. The average molecular weight is 255 g/mol. The first-order chi connectivity index (χ1) is 9.29. The Bertz CT molecular complexity index is 584. The van der Waals surface area contributed by atoms with Gasteiger partial charge in [0.15, 0.2) is 11.6 Å². The van der Waals surface area contributed by atoms with Crippen LogP contribution in [0.15, 0.2) is 36.7 Å². The van der Waals surface area contributed by atoms with Crippen molar-refractivity contribution >= 4 is 17.3 Å². The van der Waals surface area contributed by atoms with Crippen LogP contribution in [0.2, 0.25) is 0 Å². The van der Waals surface area contributed by atoms with E-state index in [1.807, 2.05) is 0 Å². The molecule has 3 N–H and O–H groups in total. The molecule has 1 aromatic carbocycles. The van der Waals surface area contributed by atoms with Crippen molar-refractivity contribution < 1.29 is 0 Å². The Labute approximate surface area is 112 Å². The van der Waals surface area contributed by atoms with E-state index >= 15 is 0 Å². The number of hydrazine groups is 1. The maximum Gasteiger partial charge on any atom is 0.160 e. The van der Waals surface area contributed by atoms with Gasteiger partial charge in [-0.2, -0.15) is 0 Å². The van der Waals surface area contributed by atoms with Crippen LogP contribution in [0.5, 0.6) is 0 Å². The average Bonchev–Trinajstić information content (AvgIpc) is 2.47. The number of nitrogen functional groups attached to an aromatic ring is 1. The molecule has 1 unspecified atom stereocenters. The minimum Gasteiger partial charge on any atom is -0.322 e. The molecule has 1 aliphatic heterocycles. The lowest BCUT2D eigenvalue weighted by Crippen LogP contribution is -2.34. The highest BCUT2D eigenvalue weighted by Gasteiger charge is 2.25. The number of hydrogen-bond donors (Lipinski definition) is 2. The van der Waals surface area contributed by atoms with Gasteiger partial charge in [-0.05, 0) is 31.4 Å². The first-order valence-electron chi connectivity index (χ1n) is 6.45. The van der Waals surface area contributed by atoms with Crippen LogP contribution in [0, 0.1) is 0 Å². The molecule has 98 valence electrons. The van der Waals surface area contributed by atoms with Gasteiger partial charge in [-0.1, -0.05) is 18.2 Å². The number of aromatic nitrogens is 2. The predicted octanol–water partition coefficient (Wildman–Crippen LogP) is 2.23. The Morgan fingerprint density at radius 3 is 3.00 bits per heavy atom. The molecule has 1 atom stereocenters. The number of nitrogens with one attached hydrogen (secondary N) is 1. The second kappa shape index (κ2) is 4.85. The SMILES string of the molecule is CC1CCc2ccccc2N1c1cncc(NN)n1. The zero-order valence-corrected chi connectivity index (χ0v) is 10.9. The summed E-state index contributed by atoms with van der Waals surface area (Å²) >= 11 is 0. The number of rotatable bonds is 2. The molecule has 1 aromatic heterocycles. The second-order valence-electron chi connectivity index (χ2n) is 4.79. The van der Waals surface area contributed by atoms with E-state index in [2.05, 4.69) is 51.5 Å². The molecule has 0 saturated heterocycles. The largest absolute Gasteiger partial charge is 0.322 e. The summed E-state index contributed by atoms with van der Waals surface area (Å²) in [5, 5.41) is 0. The Hall–Kier alpha value is -2.14. The Morgan fingerprint density at radius 1 is 1.32 bits per heavy atom. The fourth-order valence-electron chi connectivity index (χ4n) is 2.58. The molecule has 5 heteroatoms. The van der Waals surface area contributed by atoms with Crippen LogP contribution in [0.4, 0.5) is 17.3 Å². The fraction of sp³-hybridized carbons (Fsp3) is 0.286. The van der Waals surface area contributed by atoms with Crippen LogP contribution in [-0.4, -0.2) is 16.0 Å². The molecule has 0 radical (unpaired) electrons. The van der Waals surface area contributed by atoms with Crippen molar-refractivity contribution in [1.82, 2.24) is 9.97 Å². The third-order valence-corrected chi connectivity index (χ3v) is 3.54. The van der Waals surface area contributed by atoms with Crippen molar-refractivity contribution in [3.63, 3.8) is 0 Å². The van der Waals surface area contributed by atoms with E-state index in [9.17, 15) is 0 Å². The summed E-state index contributed by atoms with van der Waals surface area (Å²) in [5.41, 5.74) is 5.11. The highest BCUT2D eigenvalue weighted by atomic mass is 15.3. The molecule has 0 amide bonds. The number of nitrogens with zero attached hydrogens (tertiary/aromatic N) is 3. The predicted molar refractivity (Wildman–Crippen MR) is 76.2 cm³/mol. The molecule has 0 bridgehead atoms. The number of benzene rings is 1. The summed E-state index contributed by atoms with van der Waals surface area (Å²) in [7, 11) is 0. The number of fused-ring (bicyclic) bond motifs is 1. The van der Waals surface area contributed by atoms with Crippen molar-refractivity contribution in [2.24, 2.45) is 5.84 Å². The molecule has 3 rings (SSSR count). The number of anilines is 3. The lowest BCUT2D eigenvalue weighted by Gasteiger charge is -2.36. The molecular weight excluding hydrogens is 238 g/mol. The third kappa shape index (κ3) is 2.13.